The summed E-state index contributed by atoms with van der Waals surface area (Å²) < 4.78 is 0. The molecular formula is C25H24N2OS. The van der Waals surface area contributed by atoms with E-state index >= 15 is 0 Å². The summed E-state index contributed by atoms with van der Waals surface area (Å²) in [5.74, 6) is 0.488. The molecule has 29 heavy (non-hydrogen) atoms. The van der Waals surface area contributed by atoms with Gasteiger partial charge in [-0.05, 0) is 55.0 Å². The Morgan fingerprint density at radius 2 is 1.79 bits per heavy atom. The van der Waals surface area contributed by atoms with Crippen molar-refractivity contribution in [3.05, 3.63) is 92.8 Å². The minimum atomic E-state index is -0.141. The molecule has 5 rings (SSSR count). The van der Waals surface area contributed by atoms with Crippen LogP contribution in [0.4, 0.5) is 11.4 Å². The van der Waals surface area contributed by atoms with Crippen molar-refractivity contribution < 1.29 is 4.79 Å². The summed E-state index contributed by atoms with van der Waals surface area (Å²) in [4.78, 5) is 14.8. The normalized spacial score (nSPS) is 21.0. The van der Waals surface area contributed by atoms with Crippen LogP contribution in [0.2, 0.25) is 0 Å². The average molecular weight is 401 g/mol. The van der Waals surface area contributed by atoms with E-state index in [1.54, 1.807) is 11.3 Å². The molecule has 146 valence electrons. The maximum Gasteiger partial charge on any atom is 0.163 e. The van der Waals surface area contributed by atoms with E-state index in [9.17, 15) is 4.79 Å². The van der Waals surface area contributed by atoms with E-state index in [4.69, 9.17) is 0 Å². The van der Waals surface area contributed by atoms with Crippen LogP contribution in [0, 0.1) is 13.8 Å². The van der Waals surface area contributed by atoms with Crippen LogP contribution in [0.5, 0.6) is 0 Å². The summed E-state index contributed by atoms with van der Waals surface area (Å²) in [5, 5.41) is 9.40. The number of benzene rings is 2. The summed E-state index contributed by atoms with van der Waals surface area (Å²) in [6, 6.07) is 18.8. The molecule has 2 aliphatic rings. The fourth-order valence-electron chi connectivity index (χ4n) is 4.52. The number of carbonyl (C=O) groups is 1. The monoisotopic (exact) mass is 400 g/mol. The lowest BCUT2D eigenvalue weighted by molar-refractivity contribution is -0.116. The Balaban J connectivity index is 1.66. The summed E-state index contributed by atoms with van der Waals surface area (Å²) >= 11 is 1.75. The van der Waals surface area contributed by atoms with Gasteiger partial charge in [0.15, 0.2) is 5.78 Å². The molecule has 3 aromatic rings. The third-order valence-corrected chi connectivity index (χ3v) is 7.04. The molecule has 1 aliphatic heterocycles. The van der Waals surface area contributed by atoms with E-state index in [0.717, 1.165) is 29.1 Å². The van der Waals surface area contributed by atoms with Gasteiger partial charge >= 0.3 is 0 Å². The van der Waals surface area contributed by atoms with Gasteiger partial charge in [0.25, 0.3) is 0 Å². The molecule has 0 unspecified atom stereocenters. The zero-order chi connectivity index (χ0) is 20.0. The van der Waals surface area contributed by atoms with Gasteiger partial charge in [0, 0.05) is 28.5 Å². The van der Waals surface area contributed by atoms with Gasteiger partial charge in [-0.25, -0.2) is 0 Å². The molecule has 3 nitrogen and oxygen atoms in total. The molecule has 0 saturated heterocycles. The number of aryl methyl sites for hydroxylation is 2. The second-order valence-electron chi connectivity index (χ2n) is 8.04. The first-order chi connectivity index (χ1) is 14.1. The fraction of sp³-hybridized carbons (Fsp3) is 0.240. The zero-order valence-electron chi connectivity index (χ0n) is 16.7. The van der Waals surface area contributed by atoms with Crippen molar-refractivity contribution in [2.45, 2.75) is 38.6 Å². The highest BCUT2D eigenvalue weighted by Crippen LogP contribution is 2.45. The van der Waals surface area contributed by atoms with Gasteiger partial charge in [0.1, 0.15) is 0 Å². The van der Waals surface area contributed by atoms with Crippen LogP contribution in [0.3, 0.4) is 0 Å². The van der Waals surface area contributed by atoms with Gasteiger partial charge in [-0.1, -0.05) is 42.0 Å². The van der Waals surface area contributed by atoms with Crippen LogP contribution in [-0.2, 0) is 4.79 Å². The van der Waals surface area contributed by atoms with Gasteiger partial charge in [0.2, 0.25) is 0 Å². The molecule has 2 atom stereocenters. The second-order valence-corrected chi connectivity index (χ2v) is 9.02. The lowest BCUT2D eigenvalue weighted by atomic mass is 9.80. The Bertz CT molecular complexity index is 1110. The first kappa shape index (κ1) is 18.2. The maximum atomic E-state index is 13.5. The lowest BCUT2D eigenvalue weighted by Gasteiger charge is -2.30. The molecule has 0 fully saturated rings. The number of nitrogens with one attached hydrogen (secondary N) is 2. The number of hydrogen-bond acceptors (Lipinski definition) is 4. The standard InChI is InChI=1S/C25H24N2OS/c1-15-9-10-16(2)18(12-15)25-24-21(26-19-6-3-4-7-20(19)27-25)13-17(14-22(24)28)23-8-5-11-29-23/h3-12,17,25-27H,13-14H2,1-2H3/t17-,25+/m0/s1. The van der Waals surface area contributed by atoms with E-state index < -0.39 is 0 Å². The highest BCUT2D eigenvalue weighted by Gasteiger charge is 2.36. The number of anilines is 2. The predicted molar refractivity (Wildman–Crippen MR) is 121 cm³/mol. The molecule has 0 radical (unpaired) electrons. The smallest absolute Gasteiger partial charge is 0.163 e. The van der Waals surface area contributed by atoms with E-state index in [1.165, 1.54) is 21.6 Å². The third-order valence-electron chi connectivity index (χ3n) is 6.00. The molecule has 2 N–H and O–H groups in total. The fourth-order valence-corrected chi connectivity index (χ4v) is 5.35. The van der Waals surface area contributed by atoms with Crippen molar-refractivity contribution in [3.63, 3.8) is 0 Å². The number of carbonyl (C=O) groups excluding carboxylic acids is 1. The van der Waals surface area contributed by atoms with Gasteiger partial charge in [0.05, 0.1) is 17.4 Å². The number of hydrogen-bond donors (Lipinski definition) is 2. The van der Waals surface area contributed by atoms with E-state index in [2.05, 4.69) is 72.3 Å². The summed E-state index contributed by atoms with van der Waals surface area (Å²) in [6.45, 7) is 4.24. The van der Waals surface area contributed by atoms with E-state index in [-0.39, 0.29) is 17.7 Å². The Hall–Kier alpha value is -2.85. The first-order valence-corrected chi connectivity index (χ1v) is 11.0. The molecule has 0 saturated carbocycles. The van der Waals surface area contributed by atoms with E-state index in [1.807, 2.05) is 12.1 Å². The van der Waals surface area contributed by atoms with E-state index in [0.29, 0.717) is 6.42 Å². The molecule has 1 aromatic heterocycles. The third kappa shape index (κ3) is 3.28. The van der Waals surface area contributed by atoms with Gasteiger partial charge in [-0.2, -0.15) is 0 Å². The molecule has 2 aromatic carbocycles. The number of para-hydroxylation sites is 2. The number of ketones is 1. The minimum absolute atomic E-state index is 0.141. The Kier molecular flexibility index (Phi) is 4.51. The maximum absolute atomic E-state index is 13.5. The van der Waals surface area contributed by atoms with Crippen molar-refractivity contribution in [1.82, 2.24) is 0 Å². The Labute approximate surface area is 175 Å². The van der Waals surface area contributed by atoms with Crippen molar-refractivity contribution in [3.8, 4) is 0 Å². The van der Waals surface area contributed by atoms with Crippen molar-refractivity contribution in [2.75, 3.05) is 10.6 Å². The van der Waals surface area contributed by atoms with Crippen LogP contribution in [-0.4, -0.2) is 5.78 Å². The minimum Gasteiger partial charge on any atom is -0.372 e. The molecule has 2 heterocycles. The number of fused-ring (bicyclic) bond motifs is 1. The van der Waals surface area contributed by atoms with Crippen molar-refractivity contribution in [2.24, 2.45) is 0 Å². The largest absolute Gasteiger partial charge is 0.372 e. The van der Waals surface area contributed by atoms with Gasteiger partial charge in [-0.3, -0.25) is 4.79 Å². The van der Waals surface area contributed by atoms with Crippen molar-refractivity contribution in [1.29, 1.82) is 0 Å². The van der Waals surface area contributed by atoms with Crippen LogP contribution in [0.25, 0.3) is 0 Å². The molecule has 0 spiro atoms. The lowest BCUT2D eigenvalue weighted by Crippen LogP contribution is -2.27. The van der Waals surface area contributed by atoms with Crippen LogP contribution in [0.1, 0.15) is 46.4 Å². The van der Waals surface area contributed by atoms with Crippen LogP contribution in [0.15, 0.2) is 71.2 Å². The Morgan fingerprint density at radius 3 is 2.59 bits per heavy atom. The Morgan fingerprint density at radius 1 is 0.966 bits per heavy atom. The number of thiophene rings is 1. The second kappa shape index (κ2) is 7.20. The quantitative estimate of drug-likeness (QED) is 0.527. The van der Waals surface area contributed by atoms with Gasteiger partial charge in [-0.15, -0.1) is 11.3 Å². The SMILES string of the molecule is Cc1ccc(C)c([C@H]2Nc3ccccc3NC3=C2C(=O)C[C@@H](c2cccs2)C3)c1. The molecule has 1 aliphatic carbocycles. The molecule has 0 bridgehead atoms. The van der Waals surface area contributed by atoms with Crippen molar-refractivity contribution >= 4 is 28.5 Å². The van der Waals surface area contributed by atoms with Crippen LogP contribution < -0.4 is 10.6 Å². The number of rotatable bonds is 2. The highest BCUT2D eigenvalue weighted by molar-refractivity contribution is 7.10. The molecule has 0 amide bonds. The number of Topliss-reactive ketones (excluding diaryl/α,β-unsaturated/α-hetero) is 1. The summed E-state index contributed by atoms with van der Waals surface area (Å²) in [5.41, 5.74) is 7.61. The summed E-state index contributed by atoms with van der Waals surface area (Å²) in [7, 11) is 0. The summed E-state index contributed by atoms with van der Waals surface area (Å²) in [6.07, 6.45) is 1.43. The first-order valence-electron chi connectivity index (χ1n) is 10.1. The molecule has 4 heteroatoms. The van der Waals surface area contributed by atoms with Gasteiger partial charge < -0.3 is 10.6 Å². The highest BCUT2D eigenvalue weighted by atomic mass is 32.1. The predicted octanol–water partition coefficient (Wildman–Crippen LogP) is 6.34. The number of allylic oxidation sites excluding steroid dienone is 1. The van der Waals surface area contributed by atoms with Crippen LogP contribution >= 0.6 is 11.3 Å². The molecular weight excluding hydrogens is 376 g/mol. The topological polar surface area (TPSA) is 41.1 Å². The zero-order valence-corrected chi connectivity index (χ0v) is 17.5. The average Bonchev–Trinajstić information content (AvgIpc) is 3.19.